The minimum atomic E-state index is -3.05. The zero-order valence-corrected chi connectivity index (χ0v) is 14.4. The van der Waals surface area contributed by atoms with Crippen molar-refractivity contribution >= 4 is 26.0 Å². The molecule has 3 rings (SSSR count). The van der Waals surface area contributed by atoms with Gasteiger partial charge in [-0.05, 0) is 37.3 Å². The van der Waals surface area contributed by atoms with Gasteiger partial charge in [0.15, 0.2) is 0 Å². The average Bonchev–Trinajstić information content (AvgIpc) is 3.28. The van der Waals surface area contributed by atoms with E-state index in [1.807, 2.05) is 6.07 Å². The van der Waals surface area contributed by atoms with Crippen LogP contribution in [-0.4, -0.2) is 37.7 Å². The third-order valence-corrected chi connectivity index (χ3v) is 7.02. The van der Waals surface area contributed by atoms with Gasteiger partial charge in [0.2, 0.25) is 10.0 Å². The molecule has 1 heterocycles. The van der Waals surface area contributed by atoms with Crippen LogP contribution in [0.1, 0.15) is 31.2 Å². The maximum absolute atomic E-state index is 11.9. The fourth-order valence-corrected chi connectivity index (χ4v) is 4.84. The molecule has 2 fully saturated rings. The van der Waals surface area contributed by atoms with E-state index >= 15 is 0 Å². The number of benzene rings is 1. The van der Waals surface area contributed by atoms with Crippen molar-refractivity contribution in [3.63, 3.8) is 0 Å². The SMILES string of the molecule is O=S(=O)(NC1CCN(Cc2ccccc2Br)CC1)C1CC1. The van der Waals surface area contributed by atoms with Gasteiger partial charge in [-0.15, -0.1) is 0 Å². The first-order valence-electron chi connectivity index (χ1n) is 7.51. The summed E-state index contributed by atoms with van der Waals surface area (Å²) in [4.78, 5) is 2.39. The summed E-state index contributed by atoms with van der Waals surface area (Å²) in [5.41, 5.74) is 1.29. The highest BCUT2D eigenvalue weighted by atomic mass is 79.9. The van der Waals surface area contributed by atoms with Crippen LogP contribution in [0.3, 0.4) is 0 Å². The quantitative estimate of drug-likeness (QED) is 0.863. The fraction of sp³-hybridized carbons (Fsp3) is 0.600. The van der Waals surface area contributed by atoms with Crippen LogP contribution in [0, 0.1) is 0 Å². The lowest BCUT2D eigenvalue weighted by molar-refractivity contribution is 0.199. The van der Waals surface area contributed by atoms with Crippen LogP contribution in [0.25, 0.3) is 0 Å². The molecule has 1 aromatic carbocycles. The zero-order chi connectivity index (χ0) is 14.9. The average molecular weight is 373 g/mol. The van der Waals surface area contributed by atoms with E-state index < -0.39 is 10.0 Å². The van der Waals surface area contributed by atoms with E-state index in [1.165, 1.54) is 5.56 Å². The molecule has 21 heavy (non-hydrogen) atoms. The minimum absolute atomic E-state index is 0.115. The van der Waals surface area contributed by atoms with Gasteiger partial charge in [-0.1, -0.05) is 34.1 Å². The third kappa shape index (κ3) is 4.06. The zero-order valence-electron chi connectivity index (χ0n) is 12.0. The van der Waals surface area contributed by atoms with Gasteiger partial charge in [-0.2, -0.15) is 0 Å². The highest BCUT2D eigenvalue weighted by molar-refractivity contribution is 9.10. The summed E-state index contributed by atoms with van der Waals surface area (Å²) in [6.45, 7) is 2.81. The number of piperidine rings is 1. The predicted molar refractivity (Wildman–Crippen MR) is 87.5 cm³/mol. The van der Waals surface area contributed by atoms with Crippen LogP contribution >= 0.6 is 15.9 Å². The van der Waals surface area contributed by atoms with Crippen molar-refractivity contribution in [1.82, 2.24) is 9.62 Å². The molecule has 0 amide bonds. The fourth-order valence-electron chi connectivity index (χ4n) is 2.78. The van der Waals surface area contributed by atoms with Gasteiger partial charge in [-0.3, -0.25) is 4.90 Å². The van der Waals surface area contributed by atoms with Crippen LogP contribution in [0.4, 0.5) is 0 Å². The Morgan fingerprint density at radius 3 is 2.43 bits per heavy atom. The van der Waals surface area contributed by atoms with Crippen molar-refractivity contribution in [2.24, 2.45) is 0 Å². The van der Waals surface area contributed by atoms with Gasteiger partial charge in [-0.25, -0.2) is 13.1 Å². The molecule has 1 saturated heterocycles. The maximum Gasteiger partial charge on any atom is 0.214 e. The first-order chi connectivity index (χ1) is 10.0. The second-order valence-corrected chi connectivity index (χ2v) is 8.85. The van der Waals surface area contributed by atoms with Crippen molar-refractivity contribution in [2.45, 2.75) is 43.5 Å². The summed E-state index contributed by atoms with van der Waals surface area (Å²) in [6, 6.07) is 8.38. The minimum Gasteiger partial charge on any atom is -0.299 e. The molecule has 116 valence electrons. The van der Waals surface area contributed by atoms with E-state index in [9.17, 15) is 8.42 Å². The summed E-state index contributed by atoms with van der Waals surface area (Å²) < 4.78 is 27.9. The molecule has 0 bridgehead atoms. The number of sulfonamides is 1. The number of nitrogens with zero attached hydrogens (tertiary/aromatic N) is 1. The van der Waals surface area contributed by atoms with Crippen LogP contribution < -0.4 is 4.72 Å². The number of likely N-dealkylation sites (tertiary alicyclic amines) is 1. The van der Waals surface area contributed by atoms with E-state index in [0.29, 0.717) is 0 Å². The number of hydrogen-bond donors (Lipinski definition) is 1. The number of nitrogens with one attached hydrogen (secondary N) is 1. The predicted octanol–water partition coefficient (Wildman–Crippen LogP) is 2.50. The van der Waals surface area contributed by atoms with Gasteiger partial charge >= 0.3 is 0 Å². The van der Waals surface area contributed by atoms with Crippen LogP contribution in [-0.2, 0) is 16.6 Å². The first-order valence-corrected chi connectivity index (χ1v) is 9.85. The Morgan fingerprint density at radius 1 is 1.14 bits per heavy atom. The smallest absolute Gasteiger partial charge is 0.214 e. The summed E-state index contributed by atoms with van der Waals surface area (Å²) in [7, 11) is -3.05. The highest BCUT2D eigenvalue weighted by Gasteiger charge is 2.37. The van der Waals surface area contributed by atoms with Crippen LogP contribution in [0.2, 0.25) is 0 Å². The maximum atomic E-state index is 11.9. The van der Waals surface area contributed by atoms with Crippen LogP contribution in [0.5, 0.6) is 0 Å². The Labute approximate surface area is 135 Å². The molecule has 1 aromatic rings. The van der Waals surface area contributed by atoms with Crippen molar-refractivity contribution in [3.8, 4) is 0 Å². The Balaban J connectivity index is 1.50. The molecule has 0 spiro atoms. The molecule has 0 radical (unpaired) electrons. The van der Waals surface area contributed by atoms with Gasteiger partial charge in [0.05, 0.1) is 5.25 Å². The molecule has 1 aliphatic carbocycles. The van der Waals surface area contributed by atoms with E-state index in [4.69, 9.17) is 0 Å². The second kappa shape index (κ2) is 6.36. The van der Waals surface area contributed by atoms with Crippen LogP contribution in [0.15, 0.2) is 28.7 Å². The third-order valence-electron chi connectivity index (χ3n) is 4.23. The molecular formula is C15H21BrN2O2S. The first kappa shape index (κ1) is 15.5. The van der Waals surface area contributed by atoms with Gasteiger partial charge in [0.1, 0.15) is 0 Å². The second-order valence-electron chi connectivity index (χ2n) is 6.00. The normalized spacial score (nSPS) is 21.6. The van der Waals surface area contributed by atoms with E-state index in [1.54, 1.807) is 0 Å². The number of halogens is 1. The van der Waals surface area contributed by atoms with Gasteiger partial charge < -0.3 is 0 Å². The van der Waals surface area contributed by atoms with Crippen molar-refractivity contribution < 1.29 is 8.42 Å². The van der Waals surface area contributed by atoms with Crippen molar-refractivity contribution in [3.05, 3.63) is 34.3 Å². The van der Waals surface area contributed by atoms with E-state index in [2.05, 4.69) is 43.8 Å². The Kier molecular flexibility index (Phi) is 4.69. The topological polar surface area (TPSA) is 49.4 Å². The molecule has 1 saturated carbocycles. The van der Waals surface area contributed by atoms with Gasteiger partial charge in [0.25, 0.3) is 0 Å². The molecule has 1 aliphatic heterocycles. The molecule has 0 atom stereocenters. The lowest BCUT2D eigenvalue weighted by atomic mass is 10.1. The van der Waals surface area contributed by atoms with Crippen molar-refractivity contribution in [1.29, 1.82) is 0 Å². The highest BCUT2D eigenvalue weighted by Crippen LogP contribution is 2.28. The molecule has 0 aromatic heterocycles. The Morgan fingerprint density at radius 2 is 1.81 bits per heavy atom. The summed E-state index contributed by atoms with van der Waals surface area (Å²) in [6.07, 6.45) is 3.46. The number of rotatable bonds is 5. The molecule has 6 heteroatoms. The lowest BCUT2D eigenvalue weighted by Crippen LogP contribution is -2.45. The Hall–Kier alpha value is -0.430. The summed E-state index contributed by atoms with van der Waals surface area (Å²) >= 11 is 3.58. The standard InChI is InChI=1S/C15H21BrN2O2S/c16-15-4-2-1-3-12(15)11-18-9-7-13(8-10-18)17-21(19,20)14-5-6-14/h1-4,13-14,17H,5-11H2. The molecule has 4 nitrogen and oxygen atoms in total. The Bertz CT molecular complexity index is 593. The van der Waals surface area contributed by atoms with E-state index in [-0.39, 0.29) is 11.3 Å². The van der Waals surface area contributed by atoms with Crippen molar-refractivity contribution in [2.75, 3.05) is 13.1 Å². The summed E-state index contributed by atoms with van der Waals surface area (Å²) in [5.74, 6) is 0. The monoisotopic (exact) mass is 372 g/mol. The molecule has 1 N–H and O–H groups in total. The molecule has 0 unspecified atom stereocenters. The molecular weight excluding hydrogens is 352 g/mol. The van der Waals surface area contributed by atoms with Gasteiger partial charge in [0, 0.05) is 30.1 Å². The molecule has 2 aliphatic rings. The number of hydrogen-bond acceptors (Lipinski definition) is 3. The van der Waals surface area contributed by atoms with E-state index in [0.717, 1.165) is 49.8 Å². The summed E-state index contributed by atoms with van der Waals surface area (Å²) in [5, 5.41) is -0.115. The largest absolute Gasteiger partial charge is 0.299 e. The lowest BCUT2D eigenvalue weighted by Gasteiger charge is -2.32.